The second-order valence-electron chi connectivity index (χ2n) is 4.18. The first kappa shape index (κ1) is 13.2. The van der Waals surface area contributed by atoms with E-state index in [1.165, 1.54) is 24.7 Å². The Morgan fingerprint density at radius 3 is 2.89 bits per heavy atom. The Hall–Kier alpha value is -2.19. The van der Waals surface area contributed by atoms with Gasteiger partial charge in [0.2, 0.25) is 0 Å². The average molecular weight is 260 g/mol. The van der Waals surface area contributed by atoms with Gasteiger partial charge in [0.15, 0.2) is 6.39 Å². The average Bonchev–Trinajstić information content (AvgIpc) is 2.92. The Morgan fingerprint density at radius 1 is 1.47 bits per heavy atom. The molecule has 0 saturated carbocycles. The molecule has 0 unspecified atom stereocenters. The van der Waals surface area contributed by atoms with Crippen molar-refractivity contribution in [3.63, 3.8) is 0 Å². The maximum Gasteiger partial charge on any atom is 0.180 e. The molecule has 1 heterocycles. The van der Waals surface area contributed by atoms with Crippen molar-refractivity contribution >= 4 is 0 Å². The Kier molecular flexibility index (Phi) is 4.26. The number of rotatable bonds is 5. The van der Waals surface area contributed by atoms with Crippen LogP contribution in [-0.2, 0) is 0 Å². The van der Waals surface area contributed by atoms with Gasteiger partial charge in [-0.1, -0.05) is 12.1 Å². The molecule has 4 nitrogen and oxygen atoms in total. The molecule has 2 rings (SSSR count). The van der Waals surface area contributed by atoms with Gasteiger partial charge in [-0.3, -0.25) is 0 Å². The van der Waals surface area contributed by atoms with Crippen LogP contribution < -0.4 is 0 Å². The molecule has 0 aliphatic heterocycles. The molecule has 98 valence electrons. The molecule has 2 aromatic rings. The normalized spacial score (nSPS) is 13.7. The summed E-state index contributed by atoms with van der Waals surface area (Å²) >= 11 is 0. The number of oxazole rings is 1. The van der Waals surface area contributed by atoms with E-state index in [-0.39, 0.29) is 12.5 Å². The Labute approximate surface area is 110 Å². The summed E-state index contributed by atoms with van der Waals surface area (Å²) in [5, 5.41) is 18.5. The molecular formula is C14H13FN2O2. The lowest BCUT2D eigenvalue weighted by atomic mass is 9.83. The van der Waals surface area contributed by atoms with Crippen LogP contribution in [-0.4, -0.2) is 16.7 Å². The van der Waals surface area contributed by atoms with E-state index in [9.17, 15) is 9.65 Å². The zero-order valence-corrected chi connectivity index (χ0v) is 10.2. The van der Waals surface area contributed by atoms with Crippen molar-refractivity contribution in [2.24, 2.45) is 0 Å². The second-order valence-corrected chi connectivity index (χ2v) is 4.18. The number of hydrogen-bond acceptors (Lipinski definition) is 4. The predicted molar refractivity (Wildman–Crippen MR) is 65.7 cm³/mol. The quantitative estimate of drug-likeness (QED) is 0.897. The largest absolute Gasteiger partial charge is 0.448 e. The lowest BCUT2D eigenvalue weighted by molar-refractivity contribution is 0.262. The molecule has 0 aliphatic rings. The van der Waals surface area contributed by atoms with E-state index in [0.717, 1.165) is 0 Å². The number of hydrogen-bond donors (Lipinski definition) is 1. The van der Waals surface area contributed by atoms with Gasteiger partial charge in [0.1, 0.15) is 11.6 Å². The summed E-state index contributed by atoms with van der Waals surface area (Å²) in [5.74, 6) is -0.807. The third-order valence-corrected chi connectivity index (χ3v) is 3.01. The number of nitriles is 1. The zero-order chi connectivity index (χ0) is 13.7. The Bertz CT molecular complexity index is 563. The lowest BCUT2D eigenvalue weighted by Crippen LogP contribution is -2.11. The van der Waals surface area contributed by atoms with E-state index >= 15 is 0 Å². The molecule has 1 N–H and O–H groups in total. The van der Waals surface area contributed by atoms with Crippen molar-refractivity contribution in [2.45, 2.75) is 18.3 Å². The third-order valence-electron chi connectivity index (χ3n) is 3.01. The highest BCUT2D eigenvalue weighted by molar-refractivity contribution is 5.30. The molecule has 5 heteroatoms. The minimum Gasteiger partial charge on any atom is -0.448 e. The smallest absolute Gasteiger partial charge is 0.180 e. The van der Waals surface area contributed by atoms with Crippen molar-refractivity contribution in [2.75, 3.05) is 6.61 Å². The van der Waals surface area contributed by atoms with E-state index in [0.29, 0.717) is 17.7 Å². The van der Waals surface area contributed by atoms with Crippen LogP contribution in [0.2, 0.25) is 0 Å². The van der Waals surface area contributed by atoms with Gasteiger partial charge < -0.3 is 9.52 Å². The Balaban J connectivity index is 2.36. The van der Waals surface area contributed by atoms with Gasteiger partial charge in [-0.25, -0.2) is 9.37 Å². The standard InChI is InChI=1S/C14H13FN2O2/c15-11-3-1-2-10(6-11)13(7-16)12(4-5-18)14-8-17-9-19-14/h1-3,6,8-9,12-13,18H,4-5H2/t12-,13-/m1/s1. The van der Waals surface area contributed by atoms with Crippen LogP contribution in [0.15, 0.2) is 41.3 Å². The summed E-state index contributed by atoms with van der Waals surface area (Å²) in [5.41, 5.74) is 0.567. The molecular weight excluding hydrogens is 247 g/mol. The van der Waals surface area contributed by atoms with Crippen LogP contribution in [0.1, 0.15) is 29.6 Å². The van der Waals surface area contributed by atoms with Crippen molar-refractivity contribution in [3.8, 4) is 6.07 Å². The van der Waals surface area contributed by atoms with Crippen LogP contribution in [0, 0.1) is 17.1 Å². The van der Waals surface area contributed by atoms with Crippen molar-refractivity contribution in [1.82, 2.24) is 4.98 Å². The highest BCUT2D eigenvalue weighted by Crippen LogP contribution is 2.35. The van der Waals surface area contributed by atoms with Gasteiger partial charge in [0.05, 0.1) is 18.2 Å². The second kappa shape index (κ2) is 6.12. The van der Waals surface area contributed by atoms with Crippen LogP contribution in [0.3, 0.4) is 0 Å². The molecule has 0 amide bonds. The summed E-state index contributed by atoms with van der Waals surface area (Å²) < 4.78 is 18.5. The predicted octanol–water partition coefficient (Wildman–Crippen LogP) is 2.59. The summed E-state index contributed by atoms with van der Waals surface area (Å²) in [7, 11) is 0. The highest BCUT2D eigenvalue weighted by Gasteiger charge is 2.27. The number of aliphatic hydroxyl groups excluding tert-OH is 1. The van der Waals surface area contributed by atoms with Gasteiger partial charge in [0.25, 0.3) is 0 Å². The number of aliphatic hydroxyl groups is 1. The van der Waals surface area contributed by atoms with Crippen molar-refractivity contribution < 1.29 is 13.9 Å². The summed E-state index contributed by atoms with van der Waals surface area (Å²) in [6.45, 7) is -0.0845. The van der Waals surface area contributed by atoms with Gasteiger partial charge in [-0.05, 0) is 24.1 Å². The molecule has 0 spiro atoms. The monoisotopic (exact) mass is 260 g/mol. The van der Waals surface area contributed by atoms with Gasteiger partial charge in [-0.15, -0.1) is 0 Å². The number of benzene rings is 1. The fourth-order valence-corrected chi connectivity index (χ4v) is 2.12. The van der Waals surface area contributed by atoms with E-state index in [1.807, 2.05) is 0 Å². The van der Waals surface area contributed by atoms with E-state index in [1.54, 1.807) is 12.1 Å². The minimum absolute atomic E-state index is 0.0845. The van der Waals surface area contributed by atoms with Crippen LogP contribution in [0.4, 0.5) is 4.39 Å². The van der Waals surface area contributed by atoms with Gasteiger partial charge >= 0.3 is 0 Å². The van der Waals surface area contributed by atoms with Gasteiger partial charge in [-0.2, -0.15) is 5.26 Å². The lowest BCUT2D eigenvalue weighted by Gasteiger charge is -2.19. The number of halogens is 1. The molecule has 19 heavy (non-hydrogen) atoms. The maximum absolute atomic E-state index is 13.3. The molecule has 2 atom stereocenters. The Morgan fingerprint density at radius 2 is 2.32 bits per heavy atom. The molecule has 0 saturated heterocycles. The van der Waals surface area contributed by atoms with E-state index in [2.05, 4.69) is 11.1 Å². The molecule has 1 aromatic carbocycles. The van der Waals surface area contributed by atoms with Gasteiger partial charge in [0, 0.05) is 12.5 Å². The van der Waals surface area contributed by atoms with Crippen LogP contribution in [0.5, 0.6) is 0 Å². The zero-order valence-electron chi connectivity index (χ0n) is 10.2. The van der Waals surface area contributed by atoms with E-state index in [4.69, 9.17) is 9.52 Å². The maximum atomic E-state index is 13.3. The highest BCUT2D eigenvalue weighted by atomic mass is 19.1. The molecule has 1 aromatic heterocycles. The first-order valence-electron chi connectivity index (χ1n) is 5.90. The number of nitrogens with zero attached hydrogens (tertiary/aromatic N) is 2. The first-order chi connectivity index (χ1) is 9.26. The number of aromatic nitrogens is 1. The summed E-state index contributed by atoms with van der Waals surface area (Å²) in [6, 6.07) is 8.06. The van der Waals surface area contributed by atoms with Crippen LogP contribution in [0.25, 0.3) is 0 Å². The fraction of sp³-hybridized carbons (Fsp3) is 0.286. The molecule has 0 radical (unpaired) electrons. The van der Waals surface area contributed by atoms with Crippen molar-refractivity contribution in [1.29, 1.82) is 5.26 Å². The van der Waals surface area contributed by atoms with Crippen LogP contribution >= 0.6 is 0 Å². The van der Waals surface area contributed by atoms with Crippen molar-refractivity contribution in [3.05, 3.63) is 54.0 Å². The SMILES string of the molecule is N#C[C@H](c1cccc(F)c1)[C@@H](CCO)c1cnco1. The van der Waals surface area contributed by atoms with E-state index < -0.39 is 11.7 Å². The molecule has 0 fully saturated rings. The minimum atomic E-state index is -0.587. The third kappa shape index (κ3) is 2.98. The fourth-order valence-electron chi connectivity index (χ4n) is 2.12. The first-order valence-corrected chi connectivity index (χ1v) is 5.90. The summed E-state index contributed by atoms with van der Waals surface area (Å²) in [4.78, 5) is 3.82. The summed E-state index contributed by atoms with van der Waals surface area (Å²) in [6.07, 6.45) is 3.15. The molecule has 0 bridgehead atoms. The molecule has 0 aliphatic carbocycles. The topological polar surface area (TPSA) is 70.0 Å².